The number of aromatic nitrogens is 2. The molecule has 0 spiro atoms. The van der Waals surface area contributed by atoms with Crippen molar-refractivity contribution in [1.29, 1.82) is 0 Å². The van der Waals surface area contributed by atoms with E-state index in [9.17, 15) is 18.3 Å². The van der Waals surface area contributed by atoms with Gasteiger partial charge in [0, 0.05) is 23.7 Å². The molecule has 0 fully saturated rings. The lowest BCUT2D eigenvalue weighted by Crippen LogP contribution is -2.14. The molecule has 0 amide bonds. The van der Waals surface area contributed by atoms with Crippen molar-refractivity contribution in [3.63, 3.8) is 0 Å². The third kappa shape index (κ3) is 3.69. The van der Waals surface area contributed by atoms with Crippen molar-refractivity contribution in [2.45, 2.75) is 26.4 Å². The van der Waals surface area contributed by atoms with Gasteiger partial charge in [-0.1, -0.05) is 36.4 Å². The molecule has 26 heavy (non-hydrogen) atoms. The normalized spacial score (nSPS) is 11.6. The molecule has 2 aromatic carbocycles. The zero-order valence-corrected chi connectivity index (χ0v) is 14.3. The molecule has 1 N–H and O–H groups in total. The van der Waals surface area contributed by atoms with E-state index in [-0.39, 0.29) is 23.6 Å². The second-order valence-electron chi connectivity index (χ2n) is 6.17. The van der Waals surface area contributed by atoms with Crippen LogP contribution in [0.4, 0.5) is 13.2 Å². The van der Waals surface area contributed by atoms with Crippen molar-refractivity contribution in [3.8, 4) is 17.1 Å². The summed E-state index contributed by atoms with van der Waals surface area (Å²) < 4.78 is 40.6. The number of hydrogen-bond acceptors (Lipinski definition) is 3. The van der Waals surface area contributed by atoms with Crippen LogP contribution in [-0.2, 0) is 12.6 Å². The van der Waals surface area contributed by atoms with Gasteiger partial charge < -0.3 is 5.11 Å². The highest BCUT2D eigenvalue weighted by molar-refractivity contribution is 5.55. The number of phenolic OH excluding ortho intramolecular Hbond substituents is 1. The fraction of sp³-hybridized carbons (Fsp3) is 0.200. The minimum absolute atomic E-state index is 0.0194. The molecule has 0 atom stereocenters. The molecule has 3 rings (SSSR count). The summed E-state index contributed by atoms with van der Waals surface area (Å²) in [4.78, 5) is 7.86. The lowest BCUT2D eigenvalue weighted by Gasteiger charge is -2.14. The van der Waals surface area contributed by atoms with E-state index in [0.29, 0.717) is 11.1 Å². The Balaban J connectivity index is 2.06. The Labute approximate surface area is 149 Å². The topological polar surface area (TPSA) is 46.0 Å². The van der Waals surface area contributed by atoms with Crippen molar-refractivity contribution in [2.24, 2.45) is 0 Å². The summed E-state index contributed by atoms with van der Waals surface area (Å²) >= 11 is 0. The molecule has 1 heterocycles. The van der Waals surface area contributed by atoms with Gasteiger partial charge in [-0.3, -0.25) is 0 Å². The number of benzene rings is 2. The highest BCUT2D eigenvalue weighted by Gasteiger charge is 2.36. The molecule has 0 radical (unpaired) electrons. The minimum Gasteiger partial charge on any atom is -0.508 e. The molecular formula is C20H17F3N2O. The summed E-state index contributed by atoms with van der Waals surface area (Å²) in [6.07, 6.45) is -3.53. The van der Waals surface area contributed by atoms with Gasteiger partial charge in [-0.25, -0.2) is 9.97 Å². The molecule has 0 saturated carbocycles. The Morgan fingerprint density at radius 2 is 1.62 bits per heavy atom. The smallest absolute Gasteiger partial charge is 0.433 e. The molecule has 3 aromatic rings. The SMILES string of the molecule is Cc1cc(O)c(Cc2cnc(-c3ccccc3)nc2C(F)(F)F)cc1C. The largest absolute Gasteiger partial charge is 0.508 e. The van der Waals surface area contributed by atoms with E-state index in [1.54, 1.807) is 42.5 Å². The maximum absolute atomic E-state index is 13.5. The zero-order valence-electron chi connectivity index (χ0n) is 14.3. The molecule has 0 bridgehead atoms. The standard InChI is InChI=1S/C20H17F3N2O/c1-12-8-15(17(26)9-13(12)2)10-16-11-24-19(14-6-4-3-5-7-14)25-18(16)20(21,22)23/h3-9,11,26H,10H2,1-2H3. The number of alkyl halides is 3. The molecule has 0 saturated heterocycles. The van der Waals surface area contributed by atoms with Crippen molar-refractivity contribution in [1.82, 2.24) is 9.97 Å². The lowest BCUT2D eigenvalue weighted by molar-refractivity contribution is -0.141. The molecule has 134 valence electrons. The molecule has 6 heteroatoms. The Bertz CT molecular complexity index is 938. The van der Waals surface area contributed by atoms with Crippen LogP contribution in [0.25, 0.3) is 11.4 Å². The van der Waals surface area contributed by atoms with Crippen LogP contribution in [-0.4, -0.2) is 15.1 Å². The highest BCUT2D eigenvalue weighted by Crippen LogP contribution is 2.34. The van der Waals surface area contributed by atoms with Gasteiger partial charge in [0.2, 0.25) is 0 Å². The van der Waals surface area contributed by atoms with Crippen molar-refractivity contribution < 1.29 is 18.3 Å². The van der Waals surface area contributed by atoms with E-state index in [0.717, 1.165) is 11.1 Å². The van der Waals surface area contributed by atoms with Crippen molar-refractivity contribution in [3.05, 3.63) is 76.6 Å². The van der Waals surface area contributed by atoms with Crippen LogP contribution in [0.5, 0.6) is 5.75 Å². The Morgan fingerprint density at radius 1 is 0.962 bits per heavy atom. The molecule has 0 aliphatic carbocycles. The molecule has 0 aliphatic rings. The van der Waals surface area contributed by atoms with E-state index >= 15 is 0 Å². The van der Waals surface area contributed by atoms with Crippen LogP contribution in [0.2, 0.25) is 0 Å². The number of hydrogen-bond donors (Lipinski definition) is 1. The third-order valence-corrected chi connectivity index (χ3v) is 4.24. The number of nitrogens with zero attached hydrogens (tertiary/aromatic N) is 2. The van der Waals surface area contributed by atoms with Crippen LogP contribution in [0, 0.1) is 13.8 Å². The predicted molar refractivity (Wildman–Crippen MR) is 92.9 cm³/mol. The van der Waals surface area contributed by atoms with Crippen LogP contribution >= 0.6 is 0 Å². The number of halogens is 3. The van der Waals surface area contributed by atoms with E-state index in [4.69, 9.17) is 0 Å². The van der Waals surface area contributed by atoms with E-state index < -0.39 is 11.9 Å². The quantitative estimate of drug-likeness (QED) is 0.710. The van der Waals surface area contributed by atoms with Gasteiger partial charge in [-0.05, 0) is 36.6 Å². The summed E-state index contributed by atoms with van der Waals surface area (Å²) in [7, 11) is 0. The van der Waals surface area contributed by atoms with Gasteiger partial charge in [-0.2, -0.15) is 13.2 Å². The number of aromatic hydroxyl groups is 1. The number of aryl methyl sites for hydroxylation is 2. The van der Waals surface area contributed by atoms with Gasteiger partial charge in [0.25, 0.3) is 0 Å². The van der Waals surface area contributed by atoms with Crippen molar-refractivity contribution >= 4 is 0 Å². The van der Waals surface area contributed by atoms with Crippen LogP contribution in [0.15, 0.2) is 48.7 Å². The maximum atomic E-state index is 13.5. The molecule has 3 nitrogen and oxygen atoms in total. The molecule has 1 aromatic heterocycles. The second-order valence-corrected chi connectivity index (χ2v) is 6.17. The number of rotatable bonds is 3. The van der Waals surface area contributed by atoms with E-state index in [1.165, 1.54) is 6.20 Å². The summed E-state index contributed by atoms with van der Waals surface area (Å²) in [5.74, 6) is -0.0145. The summed E-state index contributed by atoms with van der Waals surface area (Å²) in [5.41, 5.74) is 1.64. The van der Waals surface area contributed by atoms with Gasteiger partial charge in [0.05, 0.1) is 0 Å². The second kappa shape index (κ2) is 6.78. The molecule has 0 unspecified atom stereocenters. The fourth-order valence-corrected chi connectivity index (χ4v) is 2.72. The third-order valence-electron chi connectivity index (χ3n) is 4.24. The van der Waals surface area contributed by atoms with Gasteiger partial charge >= 0.3 is 6.18 Å². The van der Waals surface area contributed by atoms with Gasteiger partial charge in [-0.15, -0.1) is 0 Å². The van der Waals surface area contributed by atoms with Crippen LogP contribution < -0.4 is 0 Å². The van der Waals surface area contributed by atoms with Gasteiger partial charge in [0.1, 0.15) is 5.75 Å². The monoisotopic (exact) mass is 358 g/mol. The fourth-order valence-electron chi connectivity index (χ4n) is 2.72. The van der Waals surface area contributed by atoms with Gasteiger partial charge in [0.15, 0.2) is 11.5 Å². The highest BCUT2D eigenvalue weighted by atomic mass is 19.4. The molecular weight excluding hydrogens is 341 g/mol. The summed E-state index contributed by atoms with van der Waals surface area (Å²) in [6, 6.07) is 11.8. The van der Waals surface area contributed by atoms with Crippen LogP contribution in [0.1, 0.15) is 27.9 Å². The first kappa shape index (κ1) is 17.9. The van der Waals surface area contributed by atoms with Crippen LogP contribution in [0.3, 0.4) is 0 Å². The Hall–Kier alpha value is -2.89. The Kier molecular flexibility index (Phi) is 4.68. The first-order valence-electron chi connectivity index (χ1n) is 8.03. The average molecular weight is 358 g/mol. The van der Waals surface area contributed by atoms with E-state index in [2.05, 4.69) is 9.97 Å². The minimum atomic E-state index is -4.61. The predicted octanol–water partition coefficient (Wildman–Crippen LogP) is 5.08. The Morgan fingerprint density at radius 3 is 2.27 bits per heavy atom. The lowest BCUT2D eigenvalue weighted by atomic mass is 9.99. The van der Waals surface area contributed by atoms with E-state index in [1.807, 2.05) is 13.8 Å². The number of phenols is 1. The maximum Gasteiger partial charge on any atom is 0.433 e. The first-order valence-corrected chi connectivity index (χ1v) is 8.03. The zero-order chi connectivity index (χ0) is 18.9. The summed E-state index contributed by atoms with van der Waals surface area (Å²) in [6.45, 7) is 3.68. The molecule has 0 aliphatic heterocycles. The average Bonchev–Trinajstić information content (AvgIpc) is 2.60. The van der Waals surface area contributed by atoms with Crippen molar-refractivity contribution in [2.75, 3.05) is 0 Å². The first-order chi connectivity index (χ1) is 12.3. The summed E-state index contributed by atoms with van der Waals surface area (Å²) in [5, 5.41) is 10.1.